The molecule has 0 aliphatic carbocycles. The van der Waals surface area contributed by atoms with E-state index in [4.69, 9.17) is 0 Å². The number of nitrogens with one attached hydrogen (secondary N) is 2. The van der Waals surface area contributed by atoms with Crippen LogP contribution in [0.2, 0.25) is 0 Å². The summed E-state index contributed by atoms with van der Waals surface area (Å²) >= 11 is 0. The molecule has 2 aromatic carbocycles. The van der Waals surface area contributed by atoms with Crippen molar-refractivity contribution in [2.75, 3.05) is 5.32 Å². The lowest BCUT2D eigenvalue weighted by Crippen LogP contribution is -2.25. The summed E-state index contributed by atoms with van der Waals surface area (Å²) < 4.78 is 0. The monoisotopic (exact) mass is 404 g/mol. The number of rotatable bonds is 3. The maximum absolute atomic E-state index is 13.0. The van der Waals surface area contributed by atoms with Gasteiger partial charge in [0.25, 0.3) is 5.91 Å². The van der Waals surface area contributed by atoms with Crippen LogP contribution in [-0.4, -0.2) is 17.2 Å². The lowest BCUT2D eigenvalue weighted by Gasteiger charge is -2.29. The Labute approximate surface area is 176 Å². The number of pyridine rings is 1. The molecular weight excluding hydrogens is 376 g/mol. The van der Waals surface area contributed by atoms with Gasteiger partial charge in [0.05, 0.1) is 0 Å². The first-order chi connectivity index (χ1) is 13.9. The highest BCUT2D eigenvalue weighted by molar-refractivity contribution is 6.06. The van der Waals surface area contributed by atoms with Crippen LogP contribution in [0.4, 0.5) is 5.69 Å². The lowest BCUT2D eigenvalue weighted by molar-refractivity contribution is 0.102. The Kier molecular flexibility index (Phi) is 5.42. The van der Waals surface area contributed by atoms with Crippen molar-refractivity contribution in [1.29, 1.82) is 0 Å². The Morgan fingerprint density at radius 1 is 0.967 bits per heavy atom. The van der Waals surface area contributed by atoms with Crippen LogP contribution in [0.25, 0.3) is 10.9 Å². The van der Waals surface area contributed by atoms with Crippen LogP contribution in [-0.2, 0) is 10.8 Å². The Morgan fingerprint density at radius 3 is 2.20 bits per heavy atom. The molecule has 156 valence electrons. The van der Waals surface area contributed by atoms with Crippen molar-refractivity contribution in [2.24, 2.45) is 0 Å². The Morgan fingerprint density at radius 2 is 1.60 bits per heavy atom. The molecule has 0 radical (unpaired) electrons. The number of hydrogen-bond donors (Lipinski definition) is 2. The van der Waals surface area contributed by atoms with E-state index < -0.39 is 5.91 Å². The number of carbonyl (C=O) groups is 2. The molecular formula is C25H28N2O3. The van der Waals surface area contributed by atoms with Crippen molar-refractivity contribution in [3.05, 3.63) is 75.1 Å². The number of H-pyrrole nitrogens is 1. The number of hydrogen-bond acceptors (Lipinski definition) is 3. The average molecular weight is 405 g/mol. The van der Waals surface area contributed by atoms with Crippen molar-refractivity contribution in [1.82, 2.24) is 4.98 Å². The minimum atomic E-state index is -0.507. The smallest absolute Gasteiger partial charge is 0.261 e. The van der Waals surface area contributed by atoms with E-state index in [0.717, 1.165) is 17.4 Å². The molecule has 0 saturated carbocycles. The molecule has 0 bridgehead atoms. The molecule has 3 aromatic rings. The molecule has 0 spiro atoms. The molecule has 1 amide bonds. The molecule has 0 unspecified atom stereocenters. The van der Waals surface area contributed by atoms with Gasteiger partial charge in [-0.25, -0.2) is 0 Å². The number of aromatic nitrogens is 1. The van der Waals surface area contributed by atoms with E-state index in [-0.39, 0.29) is 21.8 Å². The standard InChI is InChI=1S/C25H28N2O3/c1-24(2,3)18-12-19(25(4,5)6)21(11-15(18)14-28)27-23(30)17-13-26-20-10-8-7-9-16(20)22(17)29/h7-14H,1-6H3,(H,26,29)(H,27,30). The molecule has 3 rings (SSSR count). The topological polar surface area (TPSA) is 79.0 Å². The van der Waals surface area contributed by atoms with Gasteiger partial charge < -0.3 is 10.3 Å². The maximum atomic E-state index is 13.0. The van der Waals surface area contributed by atoms with Gasteiger partial charge in [-0.1, -0.05) is 59.7 Å². The summed E-state index contributed by atoms with van der Waals surface area (Å²) in [6.07, 6.45) is 2.24. The van der Waals surface area contributed by atoms with E-state index in [9.17, 15) is 14.4 Å². The quantitative estimate of drug-likeness (QED) is 0.590. The molecule has 1 heterocycles. The summed E-state index contributed by atoms with van der Waals surface area (Å²) in [6.45, 7) is 12.3. The number of aldehydes is 1. The zero-order valence-corrected chi connectivity index (χ0v) is 18.3. The van der Waals surface area contributed by atoms with Gasteiger partial charge in [-0.2, -0.15) is 0 Å². The number of anilines is 1. The molecule has 2 N–H and O–H groups in total. The fourth-order valence-electron chi connectivity index (χ4n) is 3.61. The molecule has 0 aliphatic rings. The normalized spacial score (nSPS) is 12.1. The van der Waals surface area contributed by atoms with Gasteiger partial charge in [-0.3, -0.25) is 14.4 Å². The van der Waals surface area contributed by atoms with Crippen LogP contribution >= 0.6 is 0 Å². The summed E-state index contributed by atoms with van der Waals surface area (Å²) in [5.41, 5.74) is 2.75. The van der Waals surface area contributed by atoms with Crippen molar-refractivity contribution >= 4 is 28.8 Å². The molecule has 0 aliphatic heterocycles. The SMILES string of the molecule is CC(C)(C)c1cc(C(C)(C)C)c(NC(=O)c2c[nH]c3ccccc3c2=O)cc1C=O. The van der Waals surface area contributed by atoms with Gasteiger partial charge in [0.2, 0.25) is 5.43 Å². The Hall–Kier alpha value is -3.21. The fraction of sp³-hybridized carbons (Fsp3) is 0.320. The Balaban J connectivity index is 2.12. The van der Waals surface area contributed by atoms with Crippen LogP contribution in [0.15, 0.2) is 47.4 Å². The van der Waals surface area contributed by atoms with Crippen LogP contribution in [0.5, 0.6) is 0 Å². The minimum absolute atomic E-state index is 0.0288. The number of amides is 1. The van der Waals surface area contributed by atoms with Gasteiger partial charge >= 0.3 is 0 Å². The average Bonchev–Trinajstić information content (AvgIpc) is 2.66. The molecule has 1 aromatic heterocycles. The highest BCUT2D eigenvalue weighted by Gasteiger charge is 2.26. The number of fused-ring (bicyclic) bond motifs is 1. The first-order valence-electron chi connectivity index (χ1n) is 9.99. The zero-order valence-electron chi connectivity index (χ0n) is 18.3. The summed E-state index contributed by atoms with van der Waals surface area (Å²) in [7, 11) is 0. The van der Waals surface area contributed by atoms with E-state index in [1.807, 2.05) is 32.9 Å². The van der Waals surface area contributed by atoms with Crippen LogP contribution in [0.3, 0.4) is 0 Å². The zero-order chi connectivity index (χ0) is 22.3. The summed E-state index contributed by atoms with van der Waals surface area (Å²) in [5.74, 6) is -0.507. The van der Waals surface area contributed by atoms with E-state index in [2.05, 4.69) is 31.1 Å². The van der Waals surface area contributed by atoms with Gasteiger partial charge in [0.15, 0.2) is 0 Å². The van der Waals surface area contributed by atoms with E-state index in [1.165, 1.54) is 6.20 Å². The molecule has 30 heavy (non-hydrogen) atoms. The predicted molar refractivity (Wildman–Crippen MR) is 122 cm³/mol. The minimum Gasteiger partial charge on any atom is -0.360 e. The highest BCUT2D eigenvalue weighted by atomic mass is 16.2. The number of aromatic amines is 1. The third-order valence-electron chi connectivity index (χ3n) is 5.21. The van der Waals surface area contributed by atoms with E-state index in [1.54, 1.807) is 24.3 Å². The van der Waals surface area contributed by atoms with Crippen molar-refractivity contribution < 1.29 is 9.59 Å². The van der Waals surface area contributed by atoms with E-state index >= 15 is 0 Å². The molecule has 0 saturated heterocycles. The van der Waals surface area contributed by atoms with E-state index in [0.29, 0.717) is 22.2 Å². The second kappa shape index (κ2) is 7.56. The molecule has 5 nitrogen and oxygen atoms in total. The maximum Gasteiger partial charge on any atom is 0.261 e. The summed E-state index contributed by atoms with van der Waals surface area (Å²) in [5, 5.41) is 3.33. The third kappa shape index (κ3) is 4.06. The highest BCUT2D eigenvalue weighted by Crippen LogP contribution is 2.36. The van der Waals surface area contributed by atoms with Crippen molar-refractivity contribution in [3.63, 3.8) is 0 Å². The molecule has 5 heteroatoms. The summed E-state index contributed by atoms with van der Waals surface area (Å²) in [6, 6.07) is 10.8. The van der Waals surface area contributed by atoms with Crippen LogP contribution in [0, 0.1) is 0 Å². The second-order valence-corrected chi connectivity index (χ2v) is 9.63. The number of benzene rings is 2. The first kappa shape index (κ1) is 21.5. The number of para-hydroxylation sites is 1. The van der Waals surface area contributed by atoms with Gasteiger partial charge in [-0.05, 0) is 40.2 Å². The van der Waals surface area contributed by atoms with Gasteiger partial charge in [0.1, 0.15) is 11.8 Å². The fourth-order valence-corrected chi connectivity index (χ4v) is 3.61. The lowest BCUT2D eigenvalue weighted by atomic mass is 9.77. The Bertz CT molecular complexity index is 1190. The predicted octanol–water partition coefficient (Wildman–Crippen LogP) is 5.19. The third-order valence-corrected chi connectivity index (χ3v) is 5.21. The first-order valence-corrected chi connectivity index (χ1v) is 9.99. The van der Waals surface area contributed by atoms with Crippen LogP contribution in [0.1, 0.15) is 73.4 Å². The molecule has 0 atom stereocenters. The van der Waals surface area contributed by atoms with Crippen LogP contribution < -0.4 is 10.7 Å². The van der Waals surface area contributed by atoms with Gasteiger partial charge in [0, 0.05) is 28.4 Å². The van der Waals surface area contributed by atoms with Crippen molar-refractivity contribution in [3.8, 4) is 0 Å². The van der Waals surface area contributed by atoms with Gasteiger partial charge in [-0.15, -0.1) is 0 Å². The largest absolute Gasteiger partial charge is 0.360 e. The number of carbonyl (C=O) groups excluding carboxylic acids is 2. The summed E-state index contributed by atoms with van der Waals surface area (Å²) in [4.78, 5) is 40.6. The molecule has 0 fully saturated rings. The van der Waals surface area contributed by atoms with Crippen molar-refractivity contribution in [2.45, 2.75) is 52.4 Å². The second-order valence-electron chi connectivity index (χ2n) is 9.63.